The maximum Gasteiger partial charge on any atom is 0.160 e. The average Bonchev–Trinajstić information content (AvgIpc) is 2.82. The largest absolute Gasteiger partial charge is 0.504 e. The van der Waals surface area contributed by atoms with E-state index in [4.69, 9.17) is 4.74 Å². The van der Waals surface area contributed by atoms with Crippen LogP contribution in [0, 0.1) is 0 Å². The molecule has 0 amide bonds. The molecule has 0 radical (unpaired) electrons. The molecule has 5 heteroatoms. The maximum absolute atomic E-state index is 9.57. The highest BCUT2D eigenvalue weighted by Gasteiger charge is 2.09. The molecule has 1 heterocycles. The van der Waals surface area contributed by atoms with Gasteiger partial charge in [-0.25, -0.2) is 0 Å². The summed E-state index contributed by atoms with van der Waals surface area (Å²) in [5, 5.41) is 17.1. The lowest BCUT2D eigenvalue weighted by Gasteiger charge is -2.15. The highest BCUT2D eigenvalue weighted by molar-refractivity contribution is 5.42. The molecule has 19 heavy (non-hydrogen) atoms. The van der Waals surface area contributed by atoms with Crippen LogP contribution in [-0.2, 0) is 13.6 Å². The van der Waals surface area contributed by atoms with Gasteiger partial charge >= 0.3 is 0 Å². The first-order chi connectivity index (χ1) is 9.10. The van der Waals surface area contributed by atoms with E-state index in [0.717, 1.165) is 17.7 Å². The maximum atomic E-state index is 9.57. The topological polar surface area (TPSA) is 59.3 Å². The molecule has 5 nitrogen and oxygen atoms in total. The SMILES string of the molecule is COc1cc(C(C)NCc2cnn(C)c2)ccc1O. The number of aromatic nitrogens is 2. The zero-order valence-corrected chi connectivity index (χ0v) is 11.4. The number of nitrogens with one attached hydrogen (secondary N) is 1. The van der Waals surface area contributed by atoms with Gasteiger partial charge in [0.2, 0.25) is 0 Å². The molecular weight excluding hydrogens is 242 g/mol. The monoisotopic (exact) mass is 261 g/mol. The molecule has 0 saturated heterocycles. The fourth-order valence-electron chi connectivity index (χ4n) is 1.92. The van der Waals surface area contributed by atoms with Crippen LogP contribution in [0.25, 0.3) is 0 Å². The number of methoxy groups -OCH3 is 1. The minimum Gasteiger partial charge on any atom is -0.504 e. The van der Waals surface area contributed by atoms with Gasteiger partial charge in [0.1, 0.15) is 0 Å². The van der Waals surface area contributed by atoms with Crippen molar-refractivity contribution in [3.63, 3.8) is 0 Å². The summed E-state index contributed by atoms with van der Waals surface area (Å²) in [4.78, 5) is 0. The van der Waals surface area contributed by atoms with E-state index in [1.165, 1.54) is 0 Å². The van der Waals surface area contributed by atoms with Gasteiger partial charge in [-0.3, -0.25) is 4.68 Å². The van der Waals surface area contributed by atoms with Crippen molar-refractivity contribution in [2.45, 2.75) is 19.5 Å². The van der Waals surface area contributed by atoms with Crippen molar-refractivity contribution in [2.24, 2.45) is 7.05 Å². The second kappa shape index (κ2) is 5.75. The summed E-state index contributed by atoms with van der Waals surface area (Å²) in [5.41, 5.74) is 2.21. The normalized spacial score (nSPS) is 12.4. The summed E-state index contributed by atoms with van der Waals surface area (Å²) in [7, 11) is 3.45. The molecule has 0 spiro atoms. The molecule has 1 aromatic heterocycles. The predicted octanol–water partition coefficient (Wildman–Crippen LogP) is 1.99. The van der Waals surface area contributed by atoms with Crippen LogP contribution in [0.5, 0.6) is 11.5 Å². The number of hydrogen-bond donors (Lipinski definition) is 2. The van der Waals surface area contributed by atoms with E-state index in [9.17, 15) is 5.11 Å². The van der Waals surface area contributed by atoms with E-state index >= 15 is 0 Å². The number of aryl methyl sites for hydroxylation is 1. The Morgan fingerprint density at radius 1 is 1.47 bits per heavy atom. The third kappa shape index (κ3) is 3.26. The summed E-state index contributed by atoms with van der Waals surface area (Å²) in [6.07, 6.45) is 3.83. The number of aromatic hydroxyl groups is 1. The van der Waals surface area contributed by atoms with Crippen molar-refractivity contribution in [3.05, 3.63) is 41.7 Å². The minimum atomic E-state index is 0.158. The van der Waals surface area contributed by atoms with Crippen molar-refractivity contribution in [2.75, 3.05) is 7.11 Å². The lowest BCUT2D eigenvalue weighted by molar-refractivity contribution is 0.372. The number of phenols is 1. The molecule has 0 fully saturated rings. The third-order valence-corrected chi connectivity index (χ3v) is 3.07. The summed E-state index contributed by atoms with van der Waals surface area (Å²) in [6.45, 7) is 2.82. The molecule has 0 bridgehead atoms. The predicted molar refractivity (Wildman–Crippen MR) is 73.1 cm³/mol. The number of benzene rings is 1. The summed E-state index contributed by atoms with van der Waals surface area (Å²) < 4.78 is 6.89. The van der Waals surface area contributed by atoms with E-state index in [2.05, 4.69) is 17.3 Å². The highest BCUT2D eigenvalue weighted by atomic mass is 16.5. The summed E-state index contributed by atoms with van der Waals surface area (Å²) in [6, 6.07) is 5.54. The van der Waals surface area contributed by atoms with Crippen LogP contribution >= 0.6 is 0 Å². The first kappa shape index (κ1) is 13.4. The molecule has 1 atom stereocenters. The minimum absolute atomic E-state index is 0.158. The van der Waals surface area contributed by atoms with Crippen LogP contribution in [0.2, 0.25) is 0 Å². The van der Waals surface area contributed by atoms with Crippen LogP contribution in [0.4, 0.5) is 0 Å². The summed E-state index contributed by atoms with van der Waals surface area (Å²) >= 11 is 0. The Morgan fingerprint density at radius 3 is 2.89 bits per heavy atom. The van der Waals surface area contributed by atoms with Gasteiger partial charge in [0.05, 0.1) is 13.3 Å². The molecule has 2 N–H and O–H groups in total. The van der Waals surface area contributed by atoms with Gasteiger partial charge in [-0.2, -0.15) is 5.10 Å². The van der Waals surface area contributed by atoms with E-state index in [0.29, 0.717) is 5.75 Å². The van der Waals surface area contributed by atoms with Gasteiger partial charge in [0.25, 0.3) is 0 Å². The third-order valence-electron chi connectivity index (χ3n) is 3.07. The van der Waals surface area contributed by atoms with Gasteiger partial charge in [-0.15, -0.1) is 0 Å². The average molecular weight is 261 g/mol. The van der Waals surface area contributed by atoms with E-state index in [1.54, 1.807) is 17.9 Å². The van der Waals surface area contributed by atoms with Crippen LogP contribution < -0.4 is 10.1 Å². The molecular formula is C14H19N3O2. The molecule has 2 rings (SSSR count). The Kier molecular flexibility index (Phi) is 4.06. The Morgan fingerprint density at radius 2 is 2.26 bits per heavy atom. The smallest absolute Gasteiger partial charge is 0.160 e. The zero-order valence-electron chi connectivity index (χ0n) is 11.4. The van der Waals surface area contributed by atoms with Gasteiger partial charge in [0, 0.05) is 31.4 Å². The van der Waals surface area contributed by atoms with Crippen molar-refractivity contribution in [1.82, 2.24) is 15.1 Å². The van der Waals surface area contributed by atoms with E-state index in [1.807, 2.05) is 31.6 Å². The van der Waals surface area contributed by atoms with Crippen LogP contribution in [0.1, 0.15) is 24.1 Å². The Bertz CT molecular complexity index is 551. The molecule has 0 aliphatic heterocycles. The van der Waals surface area contributed by atoms with Crippen molar-refractivity contribution >= 4 is 0 Å². The van der Waals surface area contributed by atoms with E-state index < -0.39 is 0 Å². The fourth-order valence-corrected chi connectivity index (χ4v) is 1.92. The van der Waals surface area contributed by atoms with Gasteiger partial charge in [-0.1, -0.05) is 6.07 Å². The molecule has 0 aliphatic carbocycles. The standard InChI is InChI=1S/C14H19N3O2/c1-10(15-7-11-8-16-17(2)9-11)12-4-5-13(18)14(6-12)19-3/h4-6,8-10,15,18H,7H2,1-3H3. The fraction of sp³-hybridized carbons (Fsp3) is 0.357. The molecule has 1 aromatic carbocycles. The zero-order chi connectivity index (χ0) is 13.8. The second-order valence-corrected chi connectivity index (χ2v) is 4.56. The first-order valence-electron chi connectivity index (χ1n) is 6.18. The van der Waals surface area contributed by atoms with Gasteiger partial charge < -0.3 is 15.2 Å². The van der Waals surface area contributed by atoms with Crippen molar-refractivity contribution in [3.8, 4) is 11.5 Å². The Balaban J connectivity index is 2.01. The number of nitrogens with zero attached hydrogens (tertiary/aromatic N) is 2. The molecule has 102 valence electrons. The van der Waals surface area contributed by atoms with Gasteiger partial charge in [0.15, 0.2) is 11.5 Å². The number of ether oxygens (including phenoxy) is 1. The Labute approximate surface area is 112 Å². The van der Waals surface area contributed by atoms with Crippen molar-refractivity contribution in [1.29, 1.82) is 0 Å². The summed E-state index contributed by atoms with van der Waals surface area (Å²) in [5.74, 6) is 0.651. The van der Waals surface area contributed by atoms with Crippen LogP contribution in [0.15, 0.2) is 30.6 Å². The lowest BCUT2D eigenvalue weighted by Crippen LogP contribution is -2.17. The molecule has 1 unspecified atom stereocenters. The van der Waals surface area contributed by atoms with Crippen LogP contribution in [0.3, 0.4) is 0 Å². The lowest BCUT2D eigenvalue weighted by atomic mass is 10.1. The number of phenolic OH excluding ortho intramolecular Hbond substituents is 1. The number of rotatable bonds is 5. The molecule has 0 saturated carbocycles. The number of hydrogen-bond acceptors (Lipinski definition) is 4. The highest BCUT2D eigenvalue weighted by Crippen LogP contribution is 2.28. The molecule has 2 aromatic rings. The quantitative estimate of drug-likeness (QED) is 0.864. The van der Waals surface area contributed by atoms with Crippen molar-refractivity contribution < 1.29 is 9.84 Å². The first-order valence-corrected chi connectivity index (χ1v) is 6.18. The van der Waals surface area contributed by atoms with E-state index in [-0.39, 0.29) is 11.8 Å². The Hall–Kier alpha value is -2.01. The van der Waals surface area contributed by atoms with Crippen LogP contribution in [-0.4, -0.2) is 22.0 Å². The van der Waals surface area contributed by atoms with Gasteiger partial charge in [-0.05, 0) is 24.6 Å². The molecule has 0 aliphatic rings. The second-order valence-electron chi connectivity index (χ2n) is 4.56.